The Labute approximate surface area is 145 Å². The number of likely N-dealkylation sites (N-methyl/N-ethyl adjacent to an activating group) is 1. The lowest BCUT2D eigenvalue weighted by atomic mass is 10.0. The first-order valence-corrected chi connectivity index (χ1v) is 8.63. The normalized spacial score (nSPS) is 17.7. The van der Waals surface area contributed by atoms with Crippen LogP contribution in [0.15, 0.2) is 41.2 Å². The fourth-order valence-electron chi connectivity index (χ4n) is 2.86. The molecule has 0 saturated heterocycles. The molecule has 2 atom stereocenters. The number of carbonyl (C=O) groups excluding carboxylic acids is 1. The fraction of sp³-hybridized carbons (Fsp3) is 0.278. The molecule has 0 radical (unpaired) electrons. The number of anilines is 1. The van der Waals surface area contributed by atoms with Crippen LogP contribution in [0.3, 0.4) is 0 Å². The molecule has 0 bridgehead atoms. The average Bonchev–Trinajstić information content (AvgIpc) is 3.04. The Hall–Kier alpha value is -2.15. The average molecular weight is 343 g/mol. The number of aliphatic hydroxyl groups excluding tert-OH is 1. The molecule has 2 unspecified atom stereocenters. The molecule has 0 spiro atoms. The number of nitrogens with one attached hydrogen (secondary N) is 1. The van der Waals surface area contributed by atoms with Gasteiger partial charge in [-0.3, -0.25) is 9.69 Å². The highest BCUT2D eigenvalue weighted by atomic mass is 32.1. The molecular weight excluding hydrogens is 322 g/mol. The van der Waals surface area contributed by atoms with Crippen molar-refractivity contribution in [3.8, 4) is 0 Å². The number of nitrogens with zero attached hydrogens (tertiary/aromatic N) is 2. The van der Waals surface area contributed by atoms with Crippen LogP contribution in [-0.2, 0) is 4.79 Å². The maximum Gasteiger partial charge on any atom is 0.246 e. The van der Waals surface area contributed by atoms with Crippen molar-refractivity contribution in [2.75, 3.05) is 26.5 Å². The van der Waals surface area contributed by atoms with Gasteiger partial charge < -0.3 is 15.3 Å². The van der Waals surface area contributed by atoms with E-state index in [4.69, 9.17) is 0 Å². The summed E-state index contributed by atoms with van der Waals surface area (Å²) in [6.45, 7) is 0. The zero-order valence-electron chi connectivity index (χ0n) is 13.9. The van der Waals surface area contributed by atoms with Gasteiger partial charge >= 0.3 is 0 Å². The van der Waals surface area contributed by atoms with E-state index in [2.05, 4.69) is 5.32 Å². The molecule has 2 N–H and O–H groups in total. The second-order valence-corrected chi connectivity index (χ2v) is 6.89. The van der Waals surface area contributed by atoms with Crippen molar-refractivity contribution in [3.05, 3.63) is 57.9 Å². The molecule has 3 rings (SSSR count). The van der Waals surface area contributed by atoms with Crippen LogP contribution < -0.4 is 5.32 Å². The van der Waals surface area contributed by atoms with Crippen LogP contribution in [0.1, 0.15) is 29.0 Å². The number of thiophene rings is 1. The fourth-order valence-corrected chi connectivity index (χ4v) is 3.53. The predicted octanol–water partition coefficient (Wildman–Crippen LogP) is 2.90. The molecule has 1 aliphatic heterocycles. The van der Waals surface area contributed by atoms with Gasteiger partial charge in [0.1, 0.15) is 6.04 Å². The standard InChI is InChI=1S/C18H21N3O2S/c1-20(2)16(13-7-9-24-11-13)17(22)19-14-4-5-15-12(10-14)6-8-21(3)18(15)23/h4-11,16,18,23H,1-3H3,(H,19,22). The third-order valence-electron chi connectivity index (χ3n) is 4.13. The van der Waals surface area contributed by atoms with Gasteiger partial charge in [0.2, 0.25) is 5.91 Å². The van der Waals surface area contributed by atoms with E-state index in [-0.39, 0.29) is 11.9 Å². The number of hydrogen-bond acceptors (Lipinski definition) is 5. The lowest BCUT2D eigenvalue weighted by molar-refractivity contribution is -0.120. The Balaban J connectivity index is 1.82. The molecule has 2 aromatic rings. The topological polar surface area (TPSA) is 55.8 Å². The Morgan fingerprint density at radius 3 is 2.83 bits per heavy atom. The molecule has 126 valence electrons. The molecule has 5 nitrogen and oxygen atoms in total. The highest BCUT2D eigenvalue weighted by Crippen LogP contribution is 2.30. The maximum atomic E-state index is 12.7. The maximum absolute atomic E-state index is 12.7. The van der Waals surface area contributed by atoms with E-state index in [0.29, 0.717) is 0 Å². The minimum Gasteiger partial charge on any atom is -0.369 e. The largest absolute Gasteiger partial charge is 0.369 e. The van der Waals surface area contributed by atoms with Crippen molar-refractivity contribution >= 4 is 29.0 Å². The van der Waals surface area contributed by atoms with Crippen LogP contribution in [0.25, 0.3) is 6.08 Å². The van der Waals surface area contributed by atoms with Crippen molar-refractivity contribution < 1.29 is 9.90 Å². The van der Waals surface area contributed by atoms with E-state index in [1.54, 1.807) is 16.2 Å². The quantitative estimate of drug-likeness (QED) is 0.896. The van der Waals surface area contributed by atoms with Crippen LogP contribution in [0, 0.1) is 0 Å². The number of amides is 1. The van der Waals surface area contributed by atoms with Crippen molar-refractivity contribution in [1.29, 1.82) is 0 Å². The summed E-state index contributed by atoms with van der Waals surface area (Å²) in [7, 11) is 5.61. The number of fused-ring (bicyclic) bond motifs is 1. The van der Waals surface area contributed by atoms with Crippen molar-refractivity contribution in [1.82, 2.24) is 9.80 Å². The van der Waals surface area contributed by atoms with Crippen LogP contribution in [-0.4, -0.2) is 42.0 Å². The number of aliphatic hydroxyl groups is 1. The summed E-state index contributed by atoms with van der Waals surface area (Å²) in [5.41, 5.74) is 3.45. The third kappa shape index (κ3) is 3.21. The van der Waals surface area contributed by atoms with E-state index < -0.39 is 6.23 Å². The SMILES string of the molecule is CN(C)C(C(=O)Nc1ccc2c(c1)C=CN(C)C2O)c1ccsc1. The van der Waals surface area contributed by atoms with E-state index in [1.807, 2.05) is 73.3 Å². The molecule has 0 fully saturated rings. The smallest absolute Gasteiger partial charge is 0.246 e. The van der Waals surface area contributed by atoms with Gasteiger partial charge in [0.15, 0.2) is 6.23 Å². The van der Waals surface area contributed by atoms with E-state index in [0.717, 1.165) is 22.4 Å². The first-order chi connectivity index (χ1) is 11.5. The van der Waals surface area contributed by atoms with E-state index >= 15 is 0 Å². The second kappa shape index (κ2) is 6.76. The van der Waals surface area contributed by atoms with Crippen LogP contribution in [0.4, 0.5) is 5.69 Å². The zero-order valence-corrected chi connectivity index (χ0v) is 14.7. The molecule has 6 heteroatoms. The lowest BCUT2D eigenvalue weighted by Gasteiger charge is -2.28. The first-order valence-electron chi connectivity index (χ1n) is 7.69. The van der Waals surface area contributed by atoms with Crippen LogP contribution in [0.2, 0.25) is 0 Å². The van der Waals surface area contributed by atoms with Gasteiger partial charge in [0.25, 0.3) is 0 Å². The minimum absolute atomic E-state index is 0.0733. The summed E-state index contributed by atoms with van der Waals surface area (Å²) in [6.07, 6.45) is 3.10. The first kappa shape index (κ1) is 16.7. The number of hydrogen-bond donors (Lipinski definition) is 2. The minimum atomic E-state index is -0.657. The van der Waals surface area contributed by atoms with E-state index in [1.165, 1.54) is 0 Å². The number of rotatable bonds is 4. The number of benzene rings is 1. The zero-order chi connectivity index (χ0) is 17.3. The second-order valence-electron chi connectivity index (χ2n) is 6.11. The molecule has 2 heterocycles. The van der Waals surface area contributed by atoms with Gasteiger partial charge in [-0.25, -0.2) is 0 Å². The van der Waals surface area contributed by atoms with Gasteiger partial charge in [-0.15, -0.1) is 0 Å². The molecule has 1 aromatic heterocycles. The molecule has 1 amide bonds. The van der Waals surface area contributed by atoms with Gasteiger partial charge in [-0.2, -0.15) is 11.3 Å². The summed E-state index contributed by atoms with van der Waals surface area (Å²) in [4.78, 5) is 16.3. The highest BCUT2D eigenvalue weighted by molar-refractivity contribution is 7.08. The summed E-state index contributed by atoms with van der Waals surface area (Å²) < 4.78 is 0. The van der Waals surface area contributed by atoms with Gasteiger partial charge in [0, 0.05) is 24.5 Å². The summed E-state index contributed by atoms with van der Waals surface area (Å²) >= 11 is 1.58. The Morgan fingerprint density at radius 1 is 1.38 bits per heavy atom. The van der Waals surface area contributed by atoms with Crippen molar-refractivity contribution in [3.63, 3.8) is 0 Å². The van der Waals surface area contributed by atoms with E-state index in [9.17, 15) is 9.90 Å². The van der Waals surface area contributed by atoms with Crippen LogP contribution in [0.5, 0.6) is 0 Å². The molecule has 0 aliphatic carbocycles. The van der Waals surface area contributed by atoms with Gasteiger partial charge in [-0.1, -0.05) is 6.07 Å². The summed E-state index contributed by atoms with van der Waals surface area (Å²) in [6, 6.07) is 7.20. The number of carbonyl (C=O) groups is 1. The Morgan fingerprint density at radius 2 is 2.17 bits per heavy atom. The Kier molecular flexibility index (Phi) is 4.71. The molecular formula is C18H21N3O2S. The predicted molar refractivity (Wildman–Crippen MR) is 97.6 cm³/mol. The van der Waals surface area contributed by atoms with Crippen molar-refractivity contribution in [2.24, 2.45) is 0 Å². The molecule has 0 saturated carbocycles. The molecule has 24 heavy (non-hydrogen) atoms. The monoisotopic (exact) mass is 343 g/mol. The summed E-state index contributed by atoms with van der Waals surface area (Å²) in [5, 5.41) is 17.1. The van der Waals surface area contributed by atoms with Crippen molar-refractivity contribution in [2.45, 2.75) is 12.3 Å². The Bertz CT molecular complexity index is 756. The highest BCUT2D eigenvalue weighted by Gasteiger charge is 2.24. The van der Waals surface area contributed by atoms with Gasteiger partial charge in [-0.05, 0) is 60.3 Å². The molecule has 1 aromatic carbocycles. The van der Waals surface area contributed by atoms with Crippen LogP contribution >= 0.6 is 11.3 Å². The summed E-state index contributed by atoms with van der Waals surface area (Å²) in [5.74, 6) is -0.0733. The third-order valence-corrected chi connectivity index (χ3v) is 4.83. The molecule has 1 aliphatic rings. The lowest BCUT2D eigenvalue weighted by Crippen LogP contribution is -2.32. The van der Waals surface area contributed by atoms with Gasteiger partial charge in [0.05, 0.1) is 0 Å².